The first-order valence-electron chi connectivity index (χ1n) is 19.6. The van der Waals surface area contributed by atoms with Crippen LogP contribution in [0.3, 0.4) is 0 Å². The quantitative estimate of drug-likeness (QED) is 0.163. The minimum absolute atomic E-state index is 0.513. The largest absolute Gasteiger partial charge is 0.455 e. The van der Waals surface area contributed by atoms with Gasteiger partial charge in [-0.2, -0.15) is 0 Å². The van der Waals surface area contributed by atoms with E-state index in [0.29, 0.717) is 0 Å². The van der Waals surface area contributed by atoms with E-state index in [2.05, 4.69) is 217 Å². The van der Waals surface area contributed by atoms with E-state index in [0.717, 1.165) is 55.7 Å². The van der Waals surface area contributed by atoms with E-state index in [1.54, 1.807) is 0 Å². The van der Waals surface area contributed by atoms with Gasteiger partial charge < -0.3 is 9.32 Å². The van der Waals surface area contributed by atoms with Crippen molar-refractivity contribution >= 4 is 39.0 Å². The molecule has 10 aromatic rings. The van der Waals surface area contributed by atoms with Crippen LogP contribution in [-0.4, -0.2) is 0 Å². The van der Waals surface area contributed by atoms with Crippen molar-refractivity contribution in [3.05, 3.63) is 247 Å². The van der Waals surface area contributed by atoms with Gasteiger partial charge in [0.1, 0.15) is 11.2 Å². The lowest BCUT2D eigenvalue weighted by molar-refractivity contribution is 0.670. The molecule has 0 saturated heterocycles. The summed E-state index contributed by atoms with van der Waals surface area (Å²) in [5, 5.41) is 2.25. The molecule has 0 fully saturated rings. The predicted octanol–water partition coefficient (Wildman–Crippen LogP) is 14.8. The highest BCUT2D eigenvalue weighted by Crippen LogP contribution is 2.57. The number of hydrogen-bond donors (Lipinski definition) is 0. The molecule has 1 heterocycles. The Balaban J connectivity index is 1.16. The van der Waals surface area contributed by atoms with Crippen LogP contribution in [0.5, 0.6) is 0 Å². The van der Waals surface area contributed by atoms with Gasteiger partial charge in [0.05, 0.1) is 5.41 Å². The molecule has 0 N–H and O–H groups in total. The molecule has 9 aromatic carbocycles. The summed E-state index contributed by atoms with van der Waals surface area (Å²) in [6, 6.07) is 81.3. The maximum absolute atomic E-state index is 6.55. The van der Waals surface area contributed by atoms with Gasteiger partial charge >= 0.3 is 0 Å². The van der Waals surface area contributed by atoms with E-state index in [9.17, 15) is 0 Å². The smallest absolute Gasteiger partial charge is 0.143 e. The van der Waals surface area contributed by atoms with Crippen LogP contribution < -0.4 is 4.90 Å². The Morgan fingerprint density at radius 2 is 0.860 bits per heavy atom. The first-order chi connectivity index (χ1) is 28.3. The van der Waals surface area contributed by atoms with E-state index < -0.39 is 5.41 Å². The average Bonchev–Trinajstić information content (AvgIpc) is 3.82. The van der Waals surface area contributed by atoms with Crippen molar-refractivity contribution in [2.24, 2.45) is 0 Å². The SMILES string of the molecule is c1ccc(-c2cccc(N(c3cccc(-c4cccc5c4oc4ccccc45)c3)c3ccc4c(c3)C(c3ccccc3)(c3ccccc3)c3ccccc3-4)c2)cc1. The summed E-state index contributed by atoms with van der Waals surface area (Å²) in [5.74, 6) is 0. The third-order valence-corrected chi connectivity index (χ3v) is 11.7. The van der Waals surface area contributed by atoms with Gasteiger partial charge in [-0.1, -0.05) is 182 Å². The molecule has 1 aliphatic rings. The molecule has 0 saturated carbocycles. The second-order valence-corrected chi connectivity index (χ2v) is 14.8. The molecule has 1 aliphatic carbocycles. The third kappa shape index (κ3) is 5.26. The molecular weight excluding hydrogens is 691 g/mol. The third-order valence-electron chi connectivity index (χ3n) is 11.7. The number of fused-ring (bicyclic) bond motifs is 6. The van der Waals surface area contributed by atoms with Crippen molar-refractivity contribution in [1.29, 1.82) is 0 Å². The molecule has 0 radical (unpaired) electrons. The van der Waals surface area contributed by atoms with E-state index >= 15 is 0 Å². The average molecular weight is 728 g/mol. The van der Waals surface area contributed by atoms with Gasteiger partial charge in [0.25, 0.3) is 0 Å². The van der Waals surface area contributed by atoms with Crippen molar-refractivity contribution in [3.63, 3.8) is 0 Å². The molecule has 2 nitrogen and oxygen atoms in total. The molecular formula is C55H37NO. The number of rotatable bonds is 7. The second kappa shape index (κ2) is 13.4. The van der Waals surface area contributed by atoms with Gasteiger partial charge in [-0.05, 0) is 92.5 Å². The monoisotopic (exact) mass is 727 g/mol. The Morgan fingerprint density at radius 3 is 1.61 bits per heavy atom. The summed E-state index contributed by atoms with van der Waals surface area (Å²) < 4.78 is 6.55. The van der Waals surface area contributed by atoms with Crippen LogP contribution in [0.25, 0.3) is 55.3 Å². The Labute approximate surface area is 332 Å². The summed E-state index contributed by atoms with van der Waals surface area (Å²) in [4.78, 5) is 2.42. The van der Waals surface area contributed by atoms with Gasteiger partial charge in [0.15, 0.2) is 0 Å². The van der Waals surface area contributed by atoms with E-state index in [-0.39, 0.29) is 0 Å². The van der Waals surface area contributed by atoms with Crippen molar-refractivity contribution in [1.82, 2.24) is 0 Å². The molecule has 0 aliphatic heterocycles. The number of hydrogen-bond acceptors (Lipinski definition) is 2. The number of anilines is 3. The molecule has 1 aromatic heterocycles. The molecule has 0 unspecified atom stereocenters. The first kappa shape index (κ1) is 33.0. The fourth-order valence-electron chi connectivity index (χ4n) is 9.26. The van der Waals surface area contributed by atoms with E-state index in [1.165, 1.54) is 38.9 Å². The minimum atomic E-state index is -0.513. The standard InChI is InChI=1S/C55H37NO/c1-4-17-38(18-5-1)39-19-14-25-43(35-39)56(44-26-15-20-40(36-44)46-29-16-30-50-49-28-11-13-32-53(49)57-54(46)50)45-33-34-48-47-27-10-12-31-51(47)55(52(48)37-45,41-21-6-2-7-22-41)42-23-8-3-9-24-42/h1-37H. The molecule has 0 atom stereocenters. The van der Waals surface area contributed by atoms with E-state index in [4.69, 9.17) is 4.42 Å². The van der Waals surface area contributed by atoms with Crippen LogP contribution in [0.1, 0.15) is 22.3 Å². The molecule has 268 valence electrons. The van der Waals surface area contributed by atoms with Gasteiger partial charge in [-0.25, -0.2) is 0 Å². The zero-order valence-electron chi connectivity index (χ0n) is 31.2. The van der Waals surface area contributed by atoms with Gasteiger partial charge in [-0.3, -0.25) is 0 Å². The summed E-state index contributed by atoms with van der Waals surface area (Å²) in [6.45, 7) is 0. The number of benzene rings is 9. The van der Waals surface area contributed by atoms with Crippen LogP contribution in [0, 0.1) is 0 Å². The number of furan rings is 1. The highest BCUT2D eigenvalue weighted by Gasteiger charge is 2.46. The Kier molecular flexibility index (Phi) is 7.75. The second-order valence-electron chi connectivity index (χ2n) is 14.8. The van der Waals surface area contributed by atoms with Crippen LogP contribution >= 0.6 is 0 Å². The maximum Gasteiger partial charge on any atom is 0.143 e. The Morgan fingerprint density at radius 1 is 0.333 bits per heavy atom. The zero-order valence-corrected chi connectivity index (χ0v) is 31.2. The topological polar surface area (TPSA) is 16.4 Å². The Hall–Kier alpha value is -7.42. The molecule has 11 rings (SSSR count). The fraction of sp³-hybridized carbons (Fsp3) is 0.0182. The zero-order chi connectivity index (χ0) is 37.8. The fourth-order valence-corrected chi connectivity index (χ4v) is 9.26. The lowest BCUT2D eigenvalue weighted by Crippen LogP contribution is -2.28. The normalized spacial score (nSPS) is 12.7. The van der Waals surface area contributed by atoms with Crippen LogP contribution in [0.2, 0.25) is 0 Å². The minimum Gasteiger partial charge on any atom is -0.455 e. The molecule has 0 bridgehead atoms. The number of para-hydroxylation sites is 2. The van der Waals surface area contributed by atoms with Crippen molar-refractivity contribution in [2.75, 3.05) is 4.90 Å². The summed E-state index contributed by atoms with van der Waals surface area (Å²) in [7, 11) is 0. The van der Waals surface area contributed by atoms with E-state index in [1.807, 2.05) is 12.1 Å². The van der Waals surface area contributed by atoms with Gasteiger partial charge in [-0.15, -0.1) is 0 Å². The van der Waals surface area contributed by atoms with Crippen molar-refractivity contribution in [3.8, 4) is 33.4 Å². The molecule has 0 amide bonds. The first-order valence-corrected chi connectivity index (χ1v) is 19.6. The van der Waals surface area contributed by atoms with Gasteiger partial charge in [0, 0.05) is 33.4 Å². The Bertz CT molecular complexity index is 3030. The molecule has 57 heavy (non-hydrogen) atoms. The van der Waals surface area contributed by atoms with Crippen LogP contribution in [0.4, 0.5) is 17.1 Å². The summed E-state index contributed by atoms with van der Waals surface area (Å²) in [6.07, 6.45) is 0. The van der Waals surface area contributed by atoms with Gasteiger partial charge in [0.2, 0.25) is 0 Å². The van der Waals surface area contributed by atoms with Crippen LogP contribution in [0.15, 0.2) is 229 Å². The van der Waals surface area contributed by atoms with Crippen molar-refractivity contribution < 1.29 is 4.42 Å². The summed E-state index contributed by atoms with van der Waals surface area (Å²) >= 11 is 0. The molecule has 2 heteroatoms. The lowest BCUT2D eigenvalue weighted by Gasteiger charge is -2.35. The van der Waals surface area contributed by atoms with Crippen LogP contribution in [-0.2, 0) is 5.41 Å². The maximum atomic E-state index is 6.55. The highest BCUT2D eigenvalue weighted by molar-refractivity contribution is 6.09. The van der Waals surface area contributed by atoms with Crippen molar-refractivity contribution in [2.45, 2.75) is 5.41 Å². The molecule has 0 spiro atoms. The summed E-state index contributed by atoms with van der Waals surface area (Å²) in [5.41, 5.74) is 16.6. The highest BCUT2D eigenvalue weighted by atomic mass is 16.3. The predicted molar refractivity (Wildman–Crippen MR) is 237 cm³/mol. The lowest BCUT2D eigenvalue weighted by atomic mass is 9.67. The number of nitrogens with zero attached hydrogens (tertiary/aromatic N) is 1.